The van der Waals surface area contributed by atoms with Gasteiger partial charge in [-0.25, -0.2) is 0 Å². The predicted octanol–water partition coefficient (Wildman–Crippen LogP) is 6.71. The molecule has 1 N–H and O–H groups in total. The number of anilines is 2. The van der Waals surface area contributed by atoms with Crippen molar-refractivity contribution in [3.63, 3.8) is 0 Å². The lowest BCUT2D eigenvalue weighted by Crippen LogP contribution is -2.30. The number of hydrogen-bond donors (Lipinski definition) is 1. The summed E-state index contributed by atoms with van der Waals surface area (Å²) < 4.78 is 38.3. The summed E-state index contributed by atoms with van der Waals surface area (Å²) in [6.07, 6.45) is -3.72. The number of carbonyl (C=O) groups excluding carboxylic acids is 2. The molecule has 36 heavy (non-hydrogen) atoms. The summed E-state index contributed by atoms with van der Waals surface area (Å²) in [6, 6.07) is 26.4. The van der Waals surface area contributed by atoms with Crippen LogP contribution >= 0.6 is 0 Å². The zero-order valence-electron chi connectivity index (χ0n) is 19.0. The van der Waals surface area contributed by atoms with Crippen molar-refractivity contribution in [3.8, 4) is 0 Å². The molecule has 0 aromatic heterocycles. The Hall–Kier alpha value is -4.39. The first kappa shape index (κ1) is 23.4. The number of alkyl halides is 3. The number of halogens is 3. The van der Waals surface area contributed by atoms with E-state index in [1.807, 2.05) is 42.5 Å². The lowest BCUT2D eigenvalue weighted by atomic mass is 10.0. The molecule has 4 nitrogen and oxygen atoms in total. The van der Waals surface area contributed by atoms with Crippen molar-refractivity contribution in [2.75, 3.05) is 10.2 Å². The number of carbonyl (C=O) groups is 2. The number of para-hydroxylation sites is 1. The summed E-state index contributed by atoms with van der Waals surface area (Å²) in [7, 11) is 0. The Bertz CT molecular complexity index is 1430. The first-order chi connectivity index (χ1) is 17.3. The van der Waals surface area contributed by atoms with Gasteiger partial charge in [0.15, 0.2) is 0 Å². The molecule has 0 fully saturated rings. The number of rotatable bonds is 3. The Balaban J connectivity index is 1.34. The molecule has 1 heterocycles. The molecule has 0 saturated carbocycles. The van der Waals surface area contributed by atoms with E-state index < -0.39 is 17.6 Å². The van der Waals surface area contributed by atoms with Crippen LogP contribution in [0.1, 0.15) is 43.0 Å². The number of fused-ring (bicyclic) bond motifs is 2. The Kier molecular flexibility index (Phi) is 6.06. The molecule has 1 aliphatic rings. The maximum absolute atomic E-state index is 13.5. The molecule has 5 rings (SSSR count). The molecule has 7 heteroatoms. The molecule has 2 amide bonds. The first-order valence-corrected chi connectivity index (χ1v) is 11.3. The van der Waals surface area contributed by atoms with Gasteiger partial charge in [-0.1, -0.05) is 42.5 Å². The number of nitrogens with zero attached hydrogens (tertiary/aromatic N) is 1. The molecule has 4 aromatic carbocycles. The van der Waals surface area contributed by atoms with Crippen LogP contribution in [0.15, 0.2) is 97.1 Å². The molecule has 0 unspecified atom stereocenters. The molecule has 0 aliphatic carbocycles. The summed E-state index contributed by atoms with van der Waals surface area (Å²) in [5.41, 5.74) is 4.36. The highest BCUT2D eigenvalue weighted by Gasteiger charge is 2.30. The van der Waals surface area contributed by atoms with E-state index >= 15 is 0 Å². The van der Waals surface area contributed by atoms with Crippen LogP contribution in [0.5, 0.6) is 0 Å². The van der Waals surface area contributed by atoms with Gasteiger partial charge in [0, 0.05) is 22.5 Å². The second-order valence-electron chi connectivity index (χ2n) is 8.57. The zero-order valence-corrected chi connectivity index (χ0v) is 19.0. The zero-order chi connectivity index (χ0) is 25.3. The van der Waals surface area contributed by atoms with Crippen molar-refractivity contribution in [1.82, 2.24) is 0 Å². The Labute approximate surface area is 206 Å². The largest absolute Gasteiger partial charge is 0.416 e. The van der Waals surface area contributed by atoms with Crippen LogP contribution in [-0.2, 0) is 19.1 Å². The van der Waals surface area contributed by atoms with Gasteiger partial charge in [-0.05, 0) is 77.7 Å². The molecular formula is C29H21F3N2O2. The molecule has 4 aromatic rings. The quantitative estimate of drug-likeness (QED) is 0.350. The number of hydrogen-bond acceptors (Lipinski definition) is 2. The van der Waals surface area contributed by atoms with Crippen LogP contribution in [0.3, 0.4) is 0 Å². The van der Waals surface area contributed by atoms with Crippen molar-refractivity contribution in [2.45, 2.75) is 19.1 Å². The van der Waals surface area contributed by atoms with Gasteiger partial charge in [0.25, 0.3) is 11.8 Å². The fraction of sp³-hybridized carbons (Fsp3) is 0.103. The molecule has 180 valence electrons. The highest BCUT2D eigenvalue weighted by molar-refractivity contribution is 6.08. The molecular weight excluding hydrogens is 465 g/mol. The van der Waals surface area contributed by atoms with Gasteiger partial charge in [0.1, 0.15) is 0 Å². The maximum atomic E-state index is 13.5. The lowest BCUT2D eigenvalue weighted by molar-refractivity contribution is -0.137. The molecule has 0 radical (unpaired) electrons. The van der Waals surface area contributed by atoms with E-state index in [9.17, 15) is 22.8 Å². The maximum Gasteiger partial charge on any atom is 0.416 e. The average molecular weight is 486 g/mol. The van der Waals surface area contributed by atoms with E-state index in [0.717, 1.165) is 47.5 Å². The van der Waals surface area contributed by atoms with Crippen LogP contribution in [0.25, 0.3) is 0 Å². The van der Waals surface area contributed by atoms with E-state index in [0.29, 0.717) is 17.8 Å². The minimum Gasteiger partial charge on any atom is -0.322 e. The fourth-order valence-corrected chi connectivity index (χ4v) is 4.32. The van der Waals surface area contributed by atoms with E-state index in [-0.39, 0.29) is 11.5 Å². The Morgan fingerprint density at radius 3 is 1.94 bits per heavy atom. The third-order valence-electron chi connectivity index (χ3n) is 6.22. The Morgan fingerprint density at radius 1 is 0.694 bits per heavy atom. The Morgan fingerprint density at radius 2 is 1.28 bits per heavy atom. The van der Waals surface area contributed by atoms with Crippen LogP contribution in [0.4, 0.5) is 24.5 Å². The third kappa shape index (κ3) is 4.73. The van der Waals surface area contributed by atoms with Crippen LogP contribution in [-0.4, -0.2) is 11.8 Å². The minimum absolute atomic E-state index is 0.1000. The molecule has 0 saturated heterocycles. The normalized spacial score (nSPS) is 12.8. The number of nitrogens with one attached hydrogen (secondary N) is 1. The van der Waals surface area contributed by atoms with E-state index in [2.05, 4.69) is 11.4 Å². The van der Waals surface area contributed by atoms with Crippen molar-refractivity contribution in [1.29, 1.82) is 0 Å². The fourth-order valence-electron chi connectivity index (χ4n) is 4.32. The molecule has 0 bridgehead atoms. The smallest absolute Gasteiger partial charge is 0.322 e. The highest BCUT2D eigenvalue weighted by atomic mass is 19.4. The number of benzene rings is 4. The van der Waals surface area contributed by atoms with Crippen molar-refractivity contribution in [2.24, 2.45) is 0 Å². The molecule has 1 aliphatic heterocycles. The summed E-state index contributed by atoms with van der Waals surface area (Å²) in [4.78, 5) is 27.8. The first-order valence-electron chi connectivity index (χ1n) is 11.3. The second-order valence-corrected chi connectivity index (χ2v) is 8.57. The van der Waals surface area contributed by atoms with Crippen LogP contribution in [0.2, 0.25) is 0 Å². The predicted molar refractivity (Wildman–Crippen MR) is 132 cm³/mol. The van der Waals surface area contributed by atoms with Crippen LogP contribution in [0, 0.1) is 0 Å². The van der Waals surface area contributed by atoms with Gasteiger partial charge in [-0.15, -0.1) is 0 Å². The number of amides is 2. The monoisotopic (exact) mass is 486 g/mol. The molecule has 0 atom stereocenters. The summed E-state index contributed by atoms with van der Waals surface area (Å²) in [5.74, 6) is -0.708. The van der Waals surface area contributed by atoms with E-state index in [1.165, 1.54) is 5.56 Å². The van der Waals surface area contributed by atoms with Gasteiger partial charge in [-0.2, -0.15) is 13.2 Å². The van der Waals surface area contributed by atoms with Gasteiger partial charge < -0.3 is 10.2 Å². The summed E-state index contributed by atoms with van der Waals surface area (Å²) >= 11 is 0. The van der Waals surface area contributed by atoms with Crippen molar-refractivity contribution >= 4 is 23.2 Å². The topological polar surface area (TPSA) is 49.4 Å². The van der Waals surface area contributed by atoms with Gasteiger partial charge in [0.05, 0.1) is 12.1 Å². The lowest BCUT2D eigenvalue weighted by Gasteiger charge is -2.23. The van der Waals surface area contributed by atoms with Gasteiger partial charge in [-0.3, -0.25) is 9.59 Å². The third-order valence-corrected chi connectivity index (χ3v) is 6.22. The van der Waals surface area contributed by atoms with Gasteiger partial charge in [0.2, 0.25) is 0 Å². The average Bonchev–Trinajstić information content (AvgIpc) is 3.05. The summed E-state index contributed by atoms with van der Waals surface area (Å²) in [5, 5.41) is 2.66. The van der Waals surface area contributed by atoms with Crippen molar-refractivity contribution < 1.29 is 22.8 Å². The van der Waals surface area contributed by atoms with Crippen molar-refractivity contribution in [3.05, 3.63) is 130 Å². The summed E-state index contributed by atoms with van der Waals surface area (Å²) in [6.45, 7) is 0.443. The van der Waals surface area contributed by atoms with Crippen LogP contribution < -0.4 is 10.2 Å². The SMILES string of the molecule is O=C(Nc1ccc(C(=O)N2Cc3ccccc3Cc3ccccc32)cc1)c1ccc(C(F)(F)F)cc1. The van der Waals surface area contributed by atoms with Gasteiger partial charge >= 0.3 is 6.18 Å². The second kappa shape index (κ2) is 9.34. The minimum atomic E-state index is -4.46. The highest BCUT2D eigenvalue weighted by Crippen LogP contribution is 2.32. The molecule has 0 spiro atoms. The van der Waals surface area contributed by atoms with E-state index in [4.69, 9.17) is 0 Å². The standard InChI is InChI=1S/C29H21F3N2O2/c30-29(31,32)24-13-9-19(10-14-24)27(35)33-25-15-11-20(12-16-25)28(36)34-18-23-7-2-1-5-21(23)17-22-6-3-4-8-26(22)34/h1-16H,17-18H2,(H,33,35). The van der Waals surface area contributed by atoms with E-state index in [1.54, 1.807) is 29.2 Å².